The zero-order chi connectivity index (χ0) is 22.2. The molecule has 32 heavy (non-hydrogen) atoms. The third-order valence-electron chi connectivity index (χ3n) is 5.50. The van der Waals surface area contributed by atoms with Crippen LogP contribution in [0.3, 0.4) is 0 Å². The van der Waals surface area contributed by atoms with Crippen LogP contribution in [0, 0.1) is 0 Å². The second-order valence-electron chi connectivity index (χ2n) is 7.42. The lowest BCUT2D eigenvalue weighted by atomic mass is 9.85. The topological polar surface area (TPSA) is 91.8 Å². The highest BCUT2D eigenvalue weighted by atomic mass is 16.5. The Morgan fingerprint density at radius 1 is 1.09 bits per heavy atom. The fraction of sp³-hybridized carbons (Fsp3) is 0.120. The summed E-state index contributed by atoms with van der Waals surface area (Å²) >= 11 is 0. The number of nitrogens with zero attached hydrogens (tertiary/aromatic N) is 1. The summed E-state index contributed by atoms with van der Waals surface area (Å²) in [6.45, 7) is 0. The molecule has 5 rings (SSSR count). The number of pyridine rings is 1. The van der Waals surface area contributed by atoms with E-state index < -0.39 is 5.97 Å². The second-order valence-corrected chi connectivity index (χ2v) is 7.42. The van der Waals surface area contributed by atoms with Gasteiger partial charge in [-0.3, -0.25) is 14.6 Å². The Kier molecular flexibility index (Phi) is 4.78. The number of benzene rings is 2. The number of rotatable bonds is 3. The van der Waals surface area contributed by atoms with Crippen molar-refractivity contribution in [3.05, 3.63) is 94.5 Å². The van der Waals surface area contributed by atoms with Crippen molar-refractivity contribution in [3.8, 4) is 11.5 Å². The number of hydrogen-bond acceptors (Lipinski definition) is 7. The van der Waals surface area contributed by atoms with Crippen LogP contribution < -0.4 is 9.47 Å². The first-order valence-corrected chi connectivity index (χ1v) is 9.95. The van der Waals surface area contributed by atoms with Crippen LogP contribution in [-0.2, 0) is 9.53 Å². The van der Waals surface area contributed by atoms with E-state index in [-0.39, 0.29) is 29.9 Å². The molecule has 3 heterocycles. The van der Waals surface area contributed by atoms with Gasteiger partial charge in [0.1, 0.15) is 11.5 Å². The number of aromatic nitrogens is 1. The highest BCUT2D eigenvalue weighted by Gasteiger charge is 2.38. The van der Waals surface area contributed by atoms with Crippen molar-refractivity contribution < 1.29 is 28.6 Å². The molecular formula is C25H17NO6. The van der Waals surface area contributed by atoms with Crippen LogP contribution in [0.25, 0.3) is 6.08 Å². The number of Topliss-reactive ketones (excluding diaryl/α,β-unsaturated/α-hetero) is 1. The van der Waals surface area contributed by atoms with E-state index in [1.807, 2.05) is 6.07 Å². The van der Waals surface area contributed by atoms with Crippen LogP contribution in [0.5, 0.6) is 11.5 Å². The van der Waals surface area contributed by atoms with Gasteiger partial charge in [-0.15, -0.1) is 0 Å². The third kappa shape index (κ3) is 3.33. The van der Waals surface area contributed by atoms with Gasteiger partial charge >= 0.3 is 11.9 Å². The average Bonchev–Trinajstić information content (AvgIpc) is 3.14. The van der Waals surface area contributed by atoms with Crippen molar-refractivity contribution in [3.63, 3.8) is 0 Å². The number of hydrogen-bond donors (Lipinski definition) is 0. The van der Waals surface area contributed by atoms with Crippen LogP contribution >= 0.6 is 0 Å². The van der Waals surface area contributed by atoms with E-state index in [1.165, 1.54) is 7.11 Å². The molecular weight excluding hydrogens is 410 g/mol. The van der Waals surface area contributed by atoms with Crippen molar-refractivity contribution in [2.45, 2.75) is 12.3 Å². The molecule has 0 spiro atoms. The van der Waals surface area contributed by atoms with Gasteiger partial charge in [-0.1, -0.05) is 18.2 Å². The lowest BCUT2D eigenvalue weighted by Gasteiger charge is -2.26. The second kappa shape index (κ2) is 7.77. The van der Waals surface area contributed by atoms with E-state index in [0.29, 0.717) is 33.8 Å². The van der Waals surface area contributed by atoms with Crippen LogP contribution in [0.1, 0.15) is 49.7 Å². The number of allylic oxidation sites excluding steroid dienone is 1. The number of methoxy groups -OCH3 is 1. The van der Waals surface area contributed by atoms with Gasteiger partial charge in [0.2, 0.25) is 5.78 Å². The maximum absolute atomic E-state index is 13.0. The van der Waals surface area contributed by atoms with Crippen LogP contribution in [0.2, 0.25) is 0 Å². The Morgan fingerprint density at radius 2 is 1.91 bits per heavy atom. The van der Waals surface area contributed by atoms with Gasteiger partial charge in [0.15, 0.2) is 5.76 Å². The summed E-state index contributed by atoms with van der Waals surface area (Å²) in [6, 6.07) is 13.6. The van der Waals surface area contributed by atoms with E-state index in [4.69, 9.17) is 14.2 Å². The molecule has 0 N–H and O–H groups in total. The maximum atomic E-state index is 13.0. The van der Waals surface area contributed by atoms with Crippen molar-refractivity contribution in [2.24, 2.45) is 0 Å². The SMILES string of the molecule is COC(=O)c1ccc(C=C2Oc3c(ccc4c3C(c3cccnc3)CC(=O)O4)C2=O)cc1. The minimum absolute atomic E-state index is 0.126. The van der Waals surface area contributed by atoms with Crippen LogP contribution in [0.4, 0.5) is 0 Å². The Balaban J connectivity index is 1.54. The lowest BCUT2D eigenvalue weighted by molar-refractivity contribution is -0.135. The van der Waals surface area contributed by atoms with Crippen LogP contribution in [0.15, 0.2) is 66.7 Å². The van der Waals surface area contributed by atoms with Gasteiger partial charge in [0.25, 0.3) is 0 Å². The van der Waals surface area contributed by atoms with E-state index in [9.17, 15) is 14.4 Å². The number of carbonyl (C=O) groups excluding carboxylic acids is 3. The minimum atomic E-state index is -0.438. The zero-order valence-corrected chi connectivity index (χ0v) is 17.0. The summed E-state index contributed by atoms with van der Waals surface area (Å²) in [5.41, 5.74) is 3.01. The largest absolute Gasteiger partial charge is 0.465 e. The van der Waals surface area contributed by atoms with E-state index >= 15 is 0 Å². The molecule has 1 aromatic heterocycles. The summed E-state index contributed by atoms with van der Waals surface area (Å²) < 4.78 is 16.1. The first kappa shape index (κ1) is 19.7. The fourth-order valence-electron chi connectivity index (χ4n) is 3.96. The van der Waals surface area contributed by atoms with Crippen molar-refractivity contribution in [1.82, 2.24) is 4.98 Å². The third-order valence-corrected chi connectivity index (χ3v) is 5.50. The molecule has 7 heteroatoms. The molecule has 2 aliphatic heterocycles. The fourth-order valence-corrected chi connectivity index (χ4v) is 3.96. The number of carbonyl (C=O) groups is 3. The highest BCUT2D eigenvalue weighted by Crippen LogP contribution is 2.48. The van der Waals surface area contributed by atoms with E-state index in [2.05, 4.69) is 4.98 Å². The maximum Gasteiger partial charge on any atom is 0.337 e. The molecule has 3 aromatic rings. The zero-order valence-electron chi connectivity index (χ0n) is 17.0. The summed E-state index contributed by atoms with van der Waals surface area (Å²) in [5.74, 6) is -0.453. The predicted molar refractivity (Wildman–Crippen MR) is 113 cm³/mol. The highest BCUT2D eigenvalue weighted by molar-refractivity contribution is 6.15. The summed E-state index contributed by atoms with van der Waals surface area (Å²) in [7, 11) is 1.32. The van der Waals surface area contributed by atoms with Crippen molar-refractivity contribution >= 4 is 23.8 Å². The molecule has 0 amide bonds. The Labute approximate surface area is 183 Å². The standard InChI is InChI=1S/C25H17NO6/c1-30-25(29)15-6-4-14(5-7-15)11-20-23(28)17-8-9-19-22(24(17)32-20)18(12-21(27)31-19)16-3-2-10-26-13-16/h2-11,13,18H,12H2,1H3. The van der Waals surface area contributed by atoms with Crippen LogP contribution in [-0.4, -0.2) is 29.8 Å². The molecule has 7 nitrogen and oxygen atoms in total. The normalized spacial score (nSPS) is 17.9. The summed E-state index contributed by atoms with van der Waals surface area (Å²) in [4.78, 5) is 41.0. The molecule has 0 saturated heterocycles. The molecule has 0 bridgehead atoms. The first-order valence-electron chi connectivity index (χ1n) is 9.95. The van der Waals surface area contributed by atoms with E-state index in [0.717, 1.165) is 5.56 Å². The molecule has 2 aromatic carbocycles. The lowest BCUT2D eigenvalue weighted by Crippen LogP contribution is -2.21. The van der Waals surface area contributed by atoms with Gasteiger partial charge in [-0.2, -0.15) is 0 Å². The molecule has 2 aliphatic rings. The quantitative estimate of drug-likeness (QED) is 0.355. The number of esters is 2. The smallest absolute Gasteiger partial charge is 0.337 e. The minimum Gasteiger partial charge on any atom is -0.465 e. The Morgan fingerprint density at radius 3 is 2.62 bits per heavy atom. The molecule has 1 atom stereocenters. The summed E-state index contributed by atoms with van der Waals surface area (Å²) in [6.07, 6.45) is 5.10. The molecule has 0 saturated carbocycles. The monoisotopic (exact) mass is 427 g/mol. The molecule has 0 aliphatic carbocycles. The van der Waals surface area contributed by atoms with Gasteiger partial charge in [0.05, 0.1) is 24.7 Å². The van der Waals surface area contributed by atoms with Gasteiger partial charge < -0.3 is 14.2 Å². The molecule has 0 fully saturated rings. The van der Waals surface area contributed by atoms with Crippen molar-refractivity contribution in [2.75, 3.05) is 7.11 Å². The average molecular weight is 427 g/mol. The van der Waals surface area contributed by atoms with Gasteiger partial charge in [-0.25, -0.2) is 4.79 Å². The molecule has 158 valence electrons. The van der Waals surface area contributed by atoms with E-state index in [1.54, 1.807) is 60.9 Å². The first-order chi connectivity index (χ1) is 15.5. The Hall–Kier alpha value is -4.26. The van der Waals surface area contributed by atoms with Gasteiger partial charge in [0, 0.05) is 23.9 Å². The number of ketones is 1. The summed E-state index contributed by atoms with van der Waals surface area (Å²) in [5, 5.41) is 0. The molecule has 1 unspecified atom stereocenters. The number of ether oxygens (including phenoxy) is 3. The van der Waals surface area contributed by atoms with Gasteiger partial charge in [-0.05, 0) is 47.5 Å². The predicted octanol–water partition coefficient (Wildman–Crippen LogP) is 3.93. The number of fused-ring (bicyclic) bond motifs is 3. The Bertz CT molecular complexity index is 1280. The van der Waals surface area contributed by atoms with Crippen molar-refractivity contribution in [1.29, 1.82) is 0 Å². The molecule has 0 radical (unpaired) electrons.